The molecule has 0 atom stereocenters. The van der Waals surface area contributed by atoms with Crippen molar-refractivity contribution in [3.63, 3.8) is 0 Å². The molecular weight excluding hydrogens is 302 g/mol. The molecule has 24 heavy (non-hydrogen) atoms. The first kappa shape index (κ1) is 17.7. The number of carbonyl (C=O) groups excluding carboxylic acids is 2. The van der Waals surface area contributed by atoms with Gasteiger partial charge in [-0.1, -0.05) is 60.7 Å². The van der Waals surface area contributed by atoms with E-state index in [9.17, 15) is 9.59 Å². The van der Waals surface area contributed by atoms with E-state index in [1.165, 1.54) is 6.92 Å². The lowest BCUT2D eigenvalue weighted by molar-refractivity contribution is -0.121. The van der Waals surface area contributed by atoms with Crippen molar-refractivity contribution in [2.45, 2.75) is 12.5 Å². The van der Waals surface area contributed by atoms with Gasteiger partial charge in [0.15, 0.2) is 11.3 Å². The molecule has 0 saturated carbocycles. The van der Waals surface area contributed by atoms with Gasteiger partial charge in [0.25, 0.3) is 0 Å². The topological polar surface area (TPSA) is 70.2 Å². The number of benzene rings is 2. The van der Waals surface area contributed by atoms with Crippen LogP contribution in [0.4, 0.5) is 4.79 Å². The van der Waals surface area contributed by atoms with E-state index in [0.717, 1.165) is 11.1 Å². The molecule has 2 aromatic carbocycles. The molecule has 2 amide bonds. The average Bonchev–Trinajstić information content (AvgIpc) is 2.61. The first-order chi connectivity index (χ1) is 11.6. The van der Waals surface area contributed by atoms with Crippen LogP contribution >= 0.6 is 0 Å². The van der Waals surface area contributed by atoms with Crippen molar-refractivity contribution in [2.24, 2.45) is 0 Å². The van der Waals surface area contributed by atoms with Crippen LogP contribution in [0.2, 0.25) is 0 Å². The second-order valence-electron chi connectivity index (χ2n) is 5.52. The maximum atomic E-state index is 12.7. The van der Waals surface area contributed by atoms with E-state index in [-0.39, 0.29) is 11.8 Å². The van der Waals surface area contributed by atoms with E-state index < -0.39 is 5.54 Å². The number of hydrogen-bond donors (Lipinski definition) is 3. The molecular formula is C19H23N3O2. The van der Waals surface area contributed by atoms with Gasteiger partial charge in [-0.15, -0.1) is 0 Å². The Hall–Kier alpha value is -2.66. The minimum Gasteiger partial charge on any atom is -0.337 e. The van der Waals surface area contributed by atoms with Gasteiger partial charge in [-0.2, -0.15) is 0 Å². The largest absolute Gasteiger partial charge is 0.337 e. The molecule has 0 fully saturated rings. The van der Waals surface area contributed by atoms with E-state index in [2.05, 4.69) is 16.0 Å². The molecule has 2 aromatic rings. The molecule has 0 spiro atoms. The van der Waals surface area contributed by atoms with Crippen molar-refractivity contribution in [1.82, 2.24) is 16.0 Å². The highest BCUT2D eigenvalue weighted by atomic mass is 16.2. The van der Waals surface area contributed by atoms with Crippen molar-refractivity contribution in [3.05, 3.63) is 71.8 Å². The Morgan fingerprint density at radius 2 is 1.38 bits per heavy atom. The Kier molecular flexibility index (Phi) is 6.09. The van der Waals surface area contributed by atoms with Gasteiger partial charge in [0.1, 0.15) is 0 Å². The summed E-state index contributed by atoms with van der Waals surface area (Å²) in [5.74, 6) is -0.149. The maximum absolute atomic E-state index is 12.7. The smallest absolute Gasteiger partial charge is 0.316 e. The van der Waals surface area contributed by atoms with Crippen molar-refractivity contribution >= 4 is 11.8 Å². The Morgan fingerprint density at radius 3 is 1.79 bits per heavy atom. The lowest BCUT2D eigenvalue weighted by atomic mass is 9.79. The zero-order valence-electron chi connectivity index (χ0n) is 14.0. The molecule has 0 unspecified atom stereocenters. The van der Waals surface area contributed by atoms with E-state index in [1.54, 1.807) is 0 Å². The van der Waals surface area contributed by atoms with Gasteiger partial charge >= 0.3 is 6.03 Å². The highest BCUT2D eigenvalue weighted by Gasteiger charge is 2.40. The fraction of sp³-hybridized carbons (Fsp3) is 0.263. The molecule has 0 aliphatic rings. The van der Waals surface area contributed by atoms with Crippen LogP contribution in [0.25, 0.3) is 0 Å². The molecule has 0 aromatic heterocycles. The monoisotopic (exact) mass is 325 g/mol. The third-order valence-corrected chi connectivity index (χ3v) is 3.90. The Bertz CT molecular complexity index is 632. The summed E-state index contributed by atoms with van der Waals surface area (Å²) in [7, 11) is 1.81. The van der Waals surface area contributed by atoms with E-state index in [0.29, 0.717) is 13.1 Å². The predicted molar refractivity (Wildman–Crippen MR) is 94.8 cm³/mol. The number of rotatable bonds is 7. The minimum atomic E-state index is -1.22. The van der Waals surface area contributed by atoms with Crippen molar-refractivity contribution in [3.8, 4) is 0 Å². The number of amides is 2. The molecule has 0 saturated heterocycles. The summed E-state index contributed by atoms with van der Waals surface area (Å²) in [4.78, 5) is 25.1. The minimum absolute atomic E-state index is 0.149. The molecule has 126 valence electrons. The number of Topliss-reactive ketones (excluding diaryl/α,β-unsaturated/α-hetero) is 1. The first-order valence-corrected chi connectivity index (χ1v) is 7.94. The molecule has 3 N–H and O–H groups in total. The maximum Gasteiger partial charge on any atom is 0.316 e. The zero-order chi connectivity index (χ0) is 17.4. The molecule has 0 bridgehead atoms. The van der Waals surface area contributed by atoms with E-state index in [4.69, 9.17) is 0 Å². The van der Waals surface area contributed by atoms with Gasteiger partial charge in [0, 0.05) is 13.1 Å². The van der Waals surface area contributed by atoms with Crippen molar-refractivity contribution < 1.29 is 9.59 Å². The van der Waals surface area contributed by atoms with Crippen LogP contribution in [0.1, 0.15) is 18.1 Å². The van der Waals surface area contributed by atoms with Crippen LogP contribution in [0.3, 0.4) is 0 Å². The zero-order valence-corrected chi connectivity index (χ0v) is 14.0. The first-order valence-electron chi connectivity index (χ1n) is 7.94. The van der Waals surface area contributed by atoms with Gasteiger partial charge in [0.05, 0.1) is 0 Å². The third kappa shape index (κ3) is 3.81. The number of likely N-dealkylation sites (N-methyl/N-ethyl adjacent to an activating group) is 1. The van der Waals surface area contributed by atoms with Crippen LogP contribution in [0.5, 0.6) is 0 Å². The highest BCUT2D eigenvalue weighted by Crippen LogP contribution is 2.30. The van der Waals surface area contributed by atoms with E-state index >= 15 is 0 Å². The summed E-state index contributed by atoms with van der Waals surface area (Å²) >= 11 is 0. The summed E-state index contributed by atoms with van der Waals surface area (Å²) in [5, 5.41) is 8.63. The molecule has 0 heterocycles. The molecule has 0 radical (unpaired) electrons. The molecule has 2 rings (SSSR count). The molecule has 5 heteroatoms. The third-order valence-electron chi connectivity index (χ3n) is 3.90. The Morgan fingerprint density at radius 1 is 0.875 bits per heavy atom. The van der Waals surface area contributed by atoms with Gasteiger partial charge in [-0.25, -0.2) is 4.79 Å². The SMILES string of the molecule is CNCCNC(=O)NC(C(C)=O)(c1ccccc1)c1ccccc1. The number of ketones is 1. The number of nitrogens with one attached hydrogen (secondary N) is 3. The van der Waals surface area contributed by atoms with Crippen molar-refractivity contribution in [1.29, 1.82) is 0 Å². The normalized spacial score (nSPS) is 10.9. The number of hydrogen-bond acceptors (Lipinski definition) is 3. The van der Waals surface area contributed by atoms with E-state index in [1.807, 2.05) is 67.7 Å². The van der Waals surface area contributed by atoms with Crippen LogP contribution < -0.4 is 16.0 Å². The van der Waals surface area contributed by atoms with Gasteiger partial charge in [-0.3, -0.25) is 4.79 Å². The Labute approximate surface area is 142 Å². The summed E-state index contributed by atoms with van der Waals surface area (Å²) < 4.78 is 0. The fourth-order valence-corrected chi connectivity index (χ4v) is 2.70. The van der Waals surface area contributed by atoms with Gasteiger partial charge in [-0.05, 0) is 25.1 Å². The Balaban J connectivity index is 2.44. The summed E-state index contributed by atoms with van der Waals surface area (Å²) in [6.45, 7) is 2.62. The predicted octanol–water partition coefficient (Wildman–Crippen LogP) is 2.04. The summed E-state index contributed by atoms with van der Waals surface area (Å²) in [6.07, 6.45) is 0. The highest BCUT2D eigenvalue weighted by molar-refractivity contribution is 5.95. The van der Waals surface area contributed by atoms with Gasteiger partial charge in [0.2, 0.25) is 0 Å². The molecule has 5 nitrogen and oxygen atoms in total. The second kappa shape index (κ2) is 8.26. The van der Waals surface area contributed by atoms with Crippen LogP contribution in [0, 0.1) is 0 Å². The van der Waals surface area contributed by atoms with Gasteiger partial charge < -0.3 is 16.0 Å². The van der Waals surface area contributed by atoms with Crippen molar-refractivity contribution in [2.75, 3.05) is 20.1 Å². The molecule has 0 aliphatic heterocycles. The number of urea groups is 1. The van der Waals surface area contributed by atoms with Crippen LogP contribution in [-0.4, -0.2) is 32.0 Å². The summed E-state index contributed by atoms with van der Waals surface area (Å²) in [5.41, 5.74) is 0.242. The number of carbonyl (C=O) groups is 2. The standard InChI is InChI=1S/C19H23N3O2/c1-15(23)19(16-9-5-3-6-10-16,17-11-7-4-8-12-17)22-18(24)21-14-13-20-2/h3-12,20H,13-14H2,1-2H3,(H2,21,22,24). The lowest BCUT2D eigenvalue weighted by Crippen LogP contribution is -2.55. The van der Waals surface area contributed by atoms with Crippen LogP contribution in [0.15, 0.2) is 60.7 Å². The molecule has 0 aliphatic carbocycles. The summed E-state index contributed by atoms with van der Waals surface area (Å²) in [6, 6.07) is 18.2. The fourth-order valence-electron chi connectivity index (χ4n) is 2.70. The second-order valence-corrected chi connectivity index (χ2v) is 5.52. The average molecular weight is 325 g/mol. The quantitative estimate of drug-likeness (QED) is 0.682. The van der Waals surface area contributed by atoms with Crippen LogP contribution in [-0.2, 0) is 10.3 Å². The lowest BCUT2D eigenvalue weighted by Gasteiger charge is -2.33.